The molecule has 0 atom stereocenters. The van der Waals surface area contributed by atoms with Gasteiger partial charge in [-0.05, 0) is 37.7 Å². The molecule has 0 saturated heterocycles. The van der Waals surface area contributed by atoms with Crippen LogP contribution in [-0.4, -0.2) is 45.9 Å². The number of aromatic nitrogens is 2. The molecule has 33 heavy (non-hydrogen) atoms. The number of carbonyl (C=O) groups is 2. The van der Waals surface area contributed by atoms with E-state index >= 15 is 0 Å². The average molecular weight is 441 g/mol. The highest BCUT2D eigenvalue weighted by molar-refractivity contribution is 6.50. The number of aromatic amines is 1. The Kier molecular flexibility index (Phi) is 5.38. The fourth-order valence-electron chi connectivity index (χ4n) is 4.94. The molecule has 2 N–H and O–H groups in total. The minimum atomic E-state index is -0.350. The van der Waals surface area contributed by atoms with Gasteiger partial charge < -0.3 is 14.5 Å². The predicted octanol–water partition coefficient (Wildman–Crippen LogP) is 4.34. The molecule has 0 radical (unpaired) electrons. The number of nitrogens with one attached hydrogen (secondary N) is 2. The minimum Gasteiger partial charge on any atom is -0.361 e. The number of aryl methyl sites for hydroxylation is 1. The van der Waals surface area contributed by atoms with Crippen LogP contribution in [0.15, 0.2) is 54.9 Å². The van der Waals surface area contributed by atoms with Gasteiger partial charge in [0.25, 0.3) is 11.8 Å². The lowest BCUT2D eigenvalue weighted by Crippen LogP contribution is -2.26. The maximum atomic E-state index is 13.1. The van der Waals surface area contributed by atoms with Crippen molar-refractivity contribution in [3.05, 3.63) is 71.5 Å². The van der Waals surface area contributed by atoms with Crippen LogP contribution in [0.5, 0.6) is 0 Å². The van der Waals surface area contributed by atoms with E-state index in [1.165, 1.54) is 0 Å². The van der Waals surface area contributed by atoms with Crippen molar-refractivity contribution in [3.63, 3.8) is 0 Å². The second-order valence-corrected chi connectivity index (χ2v) is 8.51. The Bertz CT molecular complexity index is 1420. The maximum Gasteiger partial charge on any atom is 0.259 e. The van der Waals surface area contributed by atoms with Gasteiger partial charge in [0.15, 0.2) is 0 Å². The normalized spacial score (nSPS) is 14.3. The van der Waals surface area contributed by atoms with E-state index in [9.17, 15) is 9.59 Å². The fourth-order valence-corrected chi connectivity index (χ4v) is 4.94. The van der Waals surface area contributed by atoms with Crippen LogP contribution in [0, 0.1) is 6.92 Å². The van der Waals surface area contributed by atoms with Crippen LogP contribution < -0.4 is 5.32 Å². The van der Waals surface area contributed by atoms with Crippen LogP contribution in [0.25, 0.3) is 33.0 Å². The molecule has 0 fully saturated rings. The summed E-state index contributed by atoms with van der Waals surface area (Å²) in [4.78, 5) is 31.8. The van der Waals surface area contributed by atoms with Gasteiger partial charge in [0.1, 0.15) is 0 Å². The van der Waals surface area contributed by atoms with E-state index in [2.05, 4.69) is 52.7 Å². The van der Waals surface area contributed by atoms with Crippen LogP contribution in [-0.2, 0) is 16.1 Å². The number of hydrogen-bond acceptors (Lipinski definition) is 3. The predicted molar refractivity (Wildman–Crippen MR) is 133 cm³/mol. The summed E-state index contributed by atoms with van der Waals surface area (Å²) in [5.41, 5.74) is 5.54. The van der Waals surface area contributed by atoms with E-state index in [4.69, 9.17) is 0 Å². The first-order valence-corrected chi connectivity index (χ1v) is 11.5. The highest BCUT2D eigenvalue weighted by Gasteiger charge is 2.35. The molecule has 3 heterocycles. The van der Waals surface area contributed by atoms with Crippen LogP contribution >= 0.6 is 0 Å². The molecule has 1 aliphatic rings. The summed E-state index contributed by atoms with van der Waals surface area (Å²) in [6, 6.07) is 14.0. The van der Waals surface area contributed by atoms with E-state index in [-0.39, 0.29) is 11.8 Å². The van der Waals surface area contributed by atoms with Crippen LogP contribution in [0.4, 0.5) is 0 Å². The van der Waals surface area contributed by atoms with E-state index in [1.54, 1.807) is 0 Å². The van der Waals surface area contributed by atoms with Crippen molar-refractivity contribution in [2.24, 2.45) is 0 Å². The number of fused-ring (bicyclic) bond motifs is 2. The van der Waals surface area contributed by atoms with E-state index in [0.29, 0.717) is 11.1 Å². The number of rotatable bonds is 7. The number of likely N-dealkylation sites (N-methyl/N-ethyl adjacent to an activating group) is 1. The third kappa shape index (κ3) is 3.47. The molecule has 1 aliphatic heterocycles. The van der Waals surface area contributed by atoms with Crippen molar-refractivity contribution in [2.75, 3.05) is 19.6 Å². The van der Waals surface area contributed by atoms with Crippen molar-refractivity contribution in [1.29, 1.82) is 0 Å². The van der Waals surface area contributed by atoms with Crippen molar-refractivity contribution in [3.8, 4) is 0 Å². The number of amides is 2. The van der Waals surface area contributed by atoms with Gasteiger partial charge in [0.2, 0.25) is 0 Å². The summed E-state index contributed by atoms with van der Waals surface area (Å²) in [6.45, 7) is 10.1. The quantitative estimate of drug-likeness (QED) is 0.420. The molecule has 6 nitrogen and oxygen atoms in total. The minimum absolute atomic E-state index is 0.341. The van der Waals surface area contributed by atoms with Gasteiger partial charge in [-0.25, -0.2) is 0 Å². The molecule has 0 unspecified atom stereocenters. The van der Waals surface area contributed by atoms with Crippen LogP contribution in [0.2, 0.25) is 0 Å². The lowest BCUT2D eigenvalue weighted by Gasteiger charge is -2.18. The Morgan fingerprint density at radius 2 is 1.64 bits per heavy atom. The van der Waals surface area contributed by atoms with Crippen LogP contribution in [0.3, 0.4) is 0 Å². The zero-order valence-corrected chi connectivity index (χ0v) is 19.2. The summed E-state index contributed by atoms with van der Waals surface area (Å²) in [6.07, 6.45) is 3.87. The van der Waals surface area contributed by atoms with Gasteiger partial charge in [-0.2, -0.15) is 0 Å². The maximum absolute atomic E-state index is 13.1. The first-order valence-electron chi connectivity index (χ1n) is 11.5. The summed E-state index contributed by atoms with van der Waals surface area (Å²) < 4.78 is 2.21. The third-order valence-corrected chi connectivity index (χ3v) is 6.73. The standard InChI is InChI=1S/C27H28N4O2/c1-4-30(5-2)13-14-31-16-20(23-17(3)9-8-12-22(23)31)25-24(26(32)29-27(25)33)19-15-28-21-11-7-6-10-18(19)21/h6-12,15-16,28H,4-5,13-14H2,1-3H3,(H,29,32,33). The lowest BCUT2D eigenvalue weighted by atomic mass is 9.94. The van der Waals surface area contributed by atoms with Gasteiger partial charge in [0.05, 0.1) is 11.1 Å². The van der Waals surface area contributed by atoms with E-state index < -0.39 is 0 Å². The highest BCUT2D eigenvalue weighted by Crippen LogP contribution is 2.39. The first kappa shape index (κ1) is 21.2. The lowest BCUT2D eigenvalue weighted by molar-refractivity contribution is -0.122. The number of H-pyrrole nitrogens is 1. The zero-order valence-electron chi connectivity index (χ0n) is 19.2. The largest absolute Gasteiger partial charge is 0.361 e. The van der Waals surface area contributed by atoms with Gasteiger partial charge in [-0.1, -0.05) is 44.2 Å². The Morgan fingerprint density at radius 1 is 0.909 bits per heavy atom. The summed E-state index contributed by atoms with van der Waals surface area (Å²) in [7, 11) is 0. The Morgan fingerprint density at radius 3 is 2.39 bits per heavy atom. The molecule has 0 bridgehead atoms. The van der Waals surface area contributed by atoms with Crippen molar-refractivity contribution in [1.82, 2.24) is 19.8 Å². The second kappa shape index (κ2) is 8.37. The number of carbonyl (C=O) groups excluding carboxylic acids is 2. The summed E-state index contributed by atoms with van der Waals surface area (Å²) in [5.74, 6) is -0.691. The third-order valence-electron chi connectivity index (χ3n) is 6.73. The topological polar surface area (TPSA) is 70.1 Å². The summed E-state index contributed by atoms with van der Waals surface area (Å²) in [5, 5.41) is 4.50. The molecule has 5 rings (SSSR count). The fraction of sp³-hybridized carbons (Fsp3) is 0.259. The van der Waals surface area contributed by atoms with Gasteiger partial charge in [0, 0.05) is 58.4 Å². The van der Waals surface area contributed by atoms with Crippen molar-refractivity contribution >= 4 is 44.8 Å². The van der Waals surface area contributed by atoms with Gasteiger partial charge >= 0.3 is 0 Å². The smallest absolute Gasteiger partial charge is 0.259 e. The van der Waals surface area contributed by atoms with Crippen LogP contribution in [0.1, 0.15) is 30.5 Å². The number of para-hydroxylation sites is 1. The van der Waals surface area contributed by atoms with E-state index in [0.717, 1.165) is 64.7 Å². The van der Waals surface area contributed by atoms with Crippen molar-refractivity contribution in [2.45, 2.75) is 27.3 Å². The molecular formula is C27H28N4O2. The Labute approximate surface area is 192 Å². The molecule has 4 aromatic rings. The molecule has 2 amide bonds. The van der Waals surface area contributed by atoms with E-state index in [1.807, 2.05) is 42.7 Å². The van der Waals surface area contributed by atoms with Gasteiger partial charge in [-0.3, -0.25) is 14.9 Å². The highest BCUT2D eigenvalue weighted by atomic mass is 16.2. The molecule has 6 heteroatoms. The first-order chi connectivity index (χ1) is 16.0. The molecule has 0 saturated carbocycles. The average Bonchev–Trinajstić information content (AvgIpc) is 3.48. The molecule has 0 spiro atoms. The number of hydrogen-bond donors (Lipinski definition) is 2. The van der Waals surface area contributed by atoms with Gasteiger partial charge in [-0.15, -0.1) is 0 Å². The monoisotopic (exact) mass is 440 g/mol. The molecule has 168 valence electrons. The SMILES string of the molecule is CCN(CC)CCn1cc(C2=C(c3c[nH]c4ccccc34)C(=O)NC2=O)c2c(C)cccc21. The Balaban J connectivity index is 1.73. The molecule has 0 aliphatic carbocycles. The number of benzene rings is 2. The Hall–Kier alpha value is -3.64. The number of nitrogens with zero attached hydrogens (tertiary/aromatic N) is 2. The van der Waals surface area contributed by atoms with Crippen molar-refractivity contribution < 1.29 is 9.59 Å². The second-order valence-electron chi connectivity index (χ2n) is 8.51. The summed E-state index contributed by atoms with van der Waals surface area (Å²) >= 11 is 0. The molecule has 2 aromatic heterocycles. The zero-order chi connectivity index (χ0) is 23.1. The number of imide groups is 1. The molecule has 2 aromatic carbocycles. The molecular weight excluding hydrogens is 412 g/mol.